The van der Waals surface area contributed by atoms with E-state index in [1.165, 1.54) is 51.4 Å². The maximum absolute atomic E-state index is 6.33. The lowest BCUT2D eigenvalue weighted by Crippen LogP contribution is -2.26. The van der Waals surface area contributed by atoms with Crippen molar-refractivity contribution >= 4 is 0 Å². The summed E-state index contributed by atoms with van der Waals surface area (Å²) in [5, 5.41) is 8.00. The monoisotopic (exact) mass is 276 g/mol. The van der Waals surface area contributed by atoms with Crippen LogP contribution in [0.1, 0.15) is 57.2 Å². The van der Waals surface area contributed by atoms with Gasteiger partial charge in [-0.3, -0.25) is 4.68 Å². The molecule has 1 spiro atoms. The van der Waals surface area contributed by atoms with Crippen molar-refractivity contribution in [3.05, 3.63) is 12.2 Å². The zero-order valence-electron chi connectivity index (χ0n) is 12.1. The standard InChI is InChI=1S/C15H24N4O/c1-2-7-15(6-1)8-5-13(20-15)10-19-11-17-14(18-19)9-16-12-3-4-12/h11-13,16H,1-10H2. The Balaban J connectivity index is 1.30. The van der Waals surface area contributed by atoms with Gasteiger partial charge in [0.05, 0.1) is 24.8 Å². The number of nitrogens with one attached hydrogen (secondary N) is 1. The van der Waals surface area contributed by atoms with E-state index in [9.17, 15) is 0 Å². The van der Waals surface area contributed by atoms with Gasteiger partial charge < -0.3 is 10.1 Å². The maximum atomic E-state index is 6.33. The summed E-state index contributed by atoms with van der Waals surface area (Å²) in [6.45, 7) is 1.66. The first-order chi connectivity index (χ1) is 9.81. The van der Waals surface area contributed by atoms with Gasteiger partial charge in [0.15, 0.2) is 5.82 Å². The van der Waals surface area contributed by atoms with Crippen molar-refractivity contribution in [2.24, 2.45) is 0 Å². The summed E-state index contributed by atoms with van der Waals surface area (Å²) in [5.41, 5.74) is 0.224. The zero-order chi connectivity index (χ0) is 13.4. The molecule has 110 valence electrons. The summed E-state index contributed by atoms with van der Waals surface area (Å²) in [6.07, 6.45) is 12.4. The van der Waals surface area contributed by atoms with Gasteiger partial charge in [-0.2, -0.15) is 5.10 Å². The first-order valence-electron chi connectivity index (χ1n) is 8.11. The zero-order valence-corrected chi connectivity index (χ0v) is 12.1. The van der Waals surface area contributed by atoms with Gasteiger partial charge in [-0.25, -0.2) is 4.98 Å². The van der Waals surface area contributed by atoms with Gasteiger partial charge in [-0.1, -0.05) is 12.8 Å². The van der Waals surface area contributed by atoms with Crippen molar-refractivity contribution in [1.82, 2.24) is 20.1 Å². The highest BCUT2D eigenvalue weighted by molar-refractivity contribution is 4.93. The van der Waals surface area contributed by atoms with Crippen molar-refractivity contribution in [3.63, 3.8) is 0 Å². The van der Waals surface area contributed by atoms with E-state index in [4.69, 9.17) is 4.74 Å². The van der Waals surface area contributed by atoms with E-state index in [2.05, 4.69) is 15.4 Å². The molecule has 1 saturated heterocycles. The Bertz CT molecular complexity index is 462. The van der Waals surface area contributed by atoms with E-state index in [0.29, 0.717) is 12.1 Å². The Morgan fingerprint density at radius 2 is 2.10 bits per heavy atom. The number of hydrogen-bond acceptors (Lipinski definition) is 4. The third-order valence-electron chi connectivity index (χ3n) is 4.95. The summed E-state index contributed by atoms with van der Waals surface area (Å²) < 4.78 is 8.29. The molecule has 0 aromatic carbocycles. The highest BCUT2D eigenvalue weighted by atomic mass is 16.5. The molecule has 0 amide bonds. The molecule has 20 heavy (non-hydrogen) atoms. The molecule has 0 radical (unpaired) electrons. The summed E-state index contributed by atoms with van der Waals surface area (Å²) in [6, 6.07) is 0.711. The first-order valence-corrected chi connectivity index (χ1v) is 8.11. The van der Waals surface area contributed by atoms with Gasteiger partial charge in [0.1, 0.15) is 6.33 Å². The van der Waals surface area contributed by atoms with Gasteiger partial charge in [-0.15, -0.1) is 0 Å². The van der Waals surface area contributed by atoms with Crippen LogP contribution >= 0.6 is 0 Å². The Kier molecular flexibility index (Phi) is 3.27. The third kappa shape index (κ3) is 2.74. The number of nitrogens with zero attached hydrogens (tertiary/aromatic N) is 3. The molecular formula is C15H24N4O. The molecule has 1 aromatic heterocycles. The highest BCUT2D eigenvalue weighted by Crippen LogP contribution is 2.43. The molecule has 2 saturated carbocycles. The van der Waals surface area contributed by atoms with Crippen LogP contribution in [0.3, 0.4) is 0 Å². The van der Waals surface area contributed by atoms with Crippen LogP contribution in [0.15, 0.2) is 6.33 Å². The second-order valence-corrected chi connectivity index (χ2v) is 6.71. The molecule has 1 atom stereocenters. The van der Waals surface area contributed by atoms with Crippen molar-refractivity contribution in [1.29, 1.82) is 0 Å². The average Bonchev–Trinajstić information content (AvgIpc) is 2.87. The fourth-order valence-electron chi connectivity index (χ4n) is 3.65. The Morgan fingerprint density at radius 1 is 1.25 bits per heavy atom. The Morgan fingerprint density at radius 3 is 2.90 bits per heavy atom. The van der Waals surface area contributed by atoms with E-state index in [-0.39, 0.29) is 5.60 Å². The van der Waals surface area contributed by atoms with E-state index in [1.807, 2.05) is 11.0 Å². The molecule has 3 aliphatic rings. The van der Waals surface area contributed by atoms with Crippen LogP contribution in [0.25, 0.3) is 0 Å². The SMILES string of the molecule is c1nc(CNC2CC2)nn1CC1CCC2(CCCC2)O1. The number of hydrogen-bond donors (Lipinski definition) is 1. The minimum Gasteiger partial charge on any atom is -0.370 e. The van der Waals surface area contributed by atoms with Crippen LogP contribution in [-0.2, 0) is 17.8 Å². The number of ether oxygens (including phenoxy) is 1. The smallest absolute Gasteiger partial charge is 0.164 e. The minimum atomic E-state index is 0.224. The molecular weight excluding hydrogens is 252 g/mol. The lowest BCUT2D eigenvalue weighted by molar-refractivity contribution is -0.0429. The van der Waals surface area contributed by atoms with Crippen LogP contribution in [0.5, 0.6) is 0 Å². The van der Waals surface area contributed by atoms with Crippen molar-refractivity contribution < 1.29 is 4.74 Å². The van der Waals surface area contributed by atoms with E-state index in [0.717, 1.165) is 18.9 Å². The van der Waals surface area contributed by atoms with Gasteiger partial charge >= 0.3 is 0 Å². The molecule has 5 nitrogen and oxygen atoms in total. The minimum absolute atomic E-state index is 0.224. The number of aromatic nitrogens is 3. The first kappa shape index (κ1) is 12.8. The third-order valence-corrected chi connectivity index (χ3v) is 4.95. The predicted molar refractivity (Wildman–Crippen MR) is 75.2 cm³/mol. The molecule has 1 aliphatic heterocycles. The molecule has 4 rings (SSSR count). The number of rotatable bonds is 5. The van der Waals surface area contributed by atoms with E-state index in [1.54, 1.807) is 0 Å². The van der Waals surface area contributed by atoms with E-state index < -0.39 is 0 Å². The second kappa shape index (κ2) is 5.11. The van der Waals surface area contributed by atoms with Crippen LogP contribution in [0.4, 0.5) is 0 Å². The average molecular weight is 276 g/mol. The van der Waals surface area contributed by atoms with Crippen LogP contribution in [-0.4, -0.2) is 32.5 Å². The maximum Gasteiger partial charge on any atom is 0.164 e. The molecule has 2 heterocycles. The highest BCUT2D eigenvalue weighted by Gasteiger charge is 2.42. The van der Waals surface area contributed by atoms with Crippen LogP contribution in [0.2, 0.25) is 0 Å². The van der Waals surface area contributed by atoms with Crippen molar-refractivity contribution in [2.75, 3.05) is 0 Å². The lowest BCUT2D eigenvalue weighted by atomic mass is 9.98. The van der Waals surface area contributed by atoms with Crippen molar-refractivity contribution in [3.8, 4) is 0 Å². The van der Waals surface area contributed by atoms with Gasteiger partial charge in [0, 0.05) is 6.04 Å². The molecule has 1 N–H and O–H groups in total. The summed E-state index contributed by atoms with van der Waals surface area (Å²) in [5.74, 6) is 0.908. The largest absolute Gasteiger partial charge is 0.370 e. The van der Waals surface area contributed by atoms with Crippen LogP contribution < -0.4 is 5.32 Å². The molecule has 1 aromatic rings. The summed E-state index contributed by atoms with van der Waals surface area (Å²) in [4.78, 5) is 4.38. The Labute approximate surface area is 120 Å². The topological polar surface area (TPSA) is 52.0 Å². The molecule has 5 heteroatoms. The van der Waals surface area contributed by atoms with Crippen LogP contribution in [0, 0.1) is 0 Å². The van der Waals surface area contributed by atoms with Crippen molar-refractivity contribution in [2.45, 2.75) is 82.2 Å². The molecule has 3 fully saturated rings. The summed E-state index contributed by atoms with van der Waals surface area (Å²) in [7, 11) is 0. The molecule has 1 unspecified atom stereocenters. The summed E-state index contributed by atoms with van der Waals surface area (Å²) >= 11 is 0. The van der Waals surface area contributed by atoms with Gasteiger partial charge in [0.2, 0.25) is 0 Å². The fraction of sp³-hybridized carbons (Fsp3) is 0.867. The predicted octanol–water partition coefficient (Wildman–Crippen LogP) is 2.02. The van der Waals surface area contributed by atoms with Gasteiger partial charge in [0.25, 0.3) is 0 Å². The second-order valence-electron chi connectivity index (χ2n) is 6.71. The quantitative estimate of drug-likeness (QED) is 0.894. The Hall–Kier alpha value is -0.940. The van der Waals surface area contributed by atoms with E-state index >= 15 is 0 Å². The lowest BCUT2D eigenvalue weighted by Gasteiger charge is -2.23. The molecule has 2 aliphatic carbocycles. The molecule has 0 bridgehead atoms. The fourth-order valence-corrected chi connectivity index (χ4v) is 3.65. The normalized spacial score (nSPS) is 28.5. The van der Waals surface area contributed by atoms with Gasteiger partial charge in [-0.05, 0) is 38.5 Å².